The minimum atomic E-state index is -0.185. The maximum atomic E-state index is 9.89. The summed E-state index contributed by atoms with van der Waals surface area (Å²) in [6.45, 7) is 5.28. The van der Waals surface area contributed by atoms with E-state index in [9.17, 15) is 5.11 Å². The maximum absolute atomic E-state index is 9.89. The first-order chi connectivity index (χ1) is 6.53. The molecule has 0 aromatic carbocycles. The van der Waals surface area contributed by atoms with E-state index in [2.05, 4.69) is 18.7 Å². The molecule has 3 N–H and O–H groups in total. The molecule has 0 spiro atoms. The summed E-state index contributed by atoms with van der Waals surface area (Å²) < 4.78 is 0. The van der Waals surface area contributed by atoms with Gasteiger partial charge in [-0.3, -0.25) is 4.90 Å². The lowest BCUT2D eigenvalue weighted by atomic mass is 9.96. The van der Waals surface area contributed by atoms with Gasteiger partial charge in [-0.25, -0.2) is 0 Å². The summed E-state index contributed by atoms with van der Waals surface area (Å²) in [5.74, 6) is 0. The highest BCUT2D eigenvalue weighted by Crippen LogP contribution is 2.35. The van der Waals surface area contributed by atoms with E-state index in [1.165, 1.54) is 12.8 Å². The van der Waals surface area contributed by atoms with Crippen molar-refractivity contribution in [2.45, 2.75) is 63.3 Å². The SMILES string of the molecule is CC1(C)C(O)CCN1C1CCCC1N. The number of hydrogen-bond donors (Lipinski definition) is 2. The van der Waals surface area contributed by atoms with E-state index in [1.54, 1.807) is 0 Å². The Balaban J connectivity index is 2.11. The number of aliphatic hydroxyl groups excluding tert-OH is 1. The van der Waals surface area contributed by atoms with Crippen LogP contribution in [-0.4, -0.2) is 40.3 Å². The highest BCUT2D eigenvalue weighted by Gasteiger charge is 2.45. The van der Waals surface area contributed by atoms with Gasteiger partial charge in [0.15, 0.2) is 0 Å². The molecule has 1 aliphatic carbocycles. The molecule has 0 aromatic rings. The number of rotatable bonds is 1. The van der Waals surface area contributed by atoms with Gasteiger partial charge in [0.05, 0.1) is 6.10 Å². The average molecular weight is 198 g/mol. The van der Waals surface area contributed by atoms with Gasteiger partial charge in [-0.1, -0.05) is 6.42 Å². The van der Waals surface area contributed by atoms with Crippen molar-refractivity contribution in [3.8, 4) is 0 Å². The summed E-state index contributed by atoms with van der Waals surface area (Å²) in [7, 11) is 0. The molecule has 0 radical (unpaired) electrons. The van der Waals surface area contributed by atoms with Crippen LogP contribution in [0.1, 0.15) is 39.5 Å². The Morgan fingerprint density at radius 3 is 2.43 bits per heavy atom. The molecule has 2 rings (SSSR count). The number of nitrogens with two attached hydrogens (primary N) is 1. The Hall–Kier alpha value is -0.120. The molecule has 1 heterocycles. The van der Waals surface area contributed by atoms with E-state index in [1.807, 2.05) is 0 Å². The van der Waals surface area contributed by atoms with Crippen molar-refractivity contribution < 1.29 is 5.11 Å². The van der Waals surface area contributed by atoms with Crippen LogP contribution in [0.25, 0.3) is 0 Å². The van der Waals surface area contributed by atoms with Crippen molar-refractivity contribution in [2.24, 2.45) is 5.73 Å². The molecule has 14 heavy (non-hydrogen) atoms. The molecule has 1 aliphatic heterocycles. The second-order valence-corrected chi connectivity index (χ2v) is 5.31. The fourth-order valence-corrected chi connectivity index (χ4v) is 3.04. The van der Waals surface area contributed by atoms with Crippen LogP contribution in [0.2, 0.25) is 0 Å². The van der Waals surface area contributed by atoms with E-state index in [0.29, 0.717) is 12.1 Å². The van der Waals surface area contributed by atoms with Crippen molar-refractivity contribution in [3.05, 3.63) is 0 Å². The third-order valence-corrected chi connectivity index (χ3v) is 4.13. The van der Waals surface area contributed by atoms with Gasteiger partial charge in [0.25, 0.3) is 0 Å². The molecule has 0 aromatic heterocycles. The van der Waals surface area contributed by atoms with Crippen molar-refractivity contribution in [1.29, 1.82) is 0 Å². The lowest BCUT2D eigenvalue weighted by Crippen LogP contribution is -2.54. The van der Waals surface area contributed by atoms with E-state index >= 15 is 0 Å². The molecule has 3 heteroatoms. The van der Waals surface area contributed by atoms with Crippen molar-refractivity contribution >= 4 is 0 Å². The van der Waals surface area contributed by atoms with Gasteiger partial charge in [-0.05, 0) is 33.1 Å². The second kappa shape index (κ2) is 3.47. The van der Waals surface area contributed by atoms with Crippen LogP contribution in [0.15, 0.2) is 0 Å². The monoisotopic (exact) mass is 198 g/mol. The molecule has 2 fully saturated rings. The zero-order valence-electron chi connectivity index (χ0n) is 9.24. The predicted octanol–water partition coefficient (Wildman–Crippen LogP) is 0.711. The molecule has 0 bridgehead atoms. The summed E-state index contributed by atoms with van der Waals surface area (Å²) in [5, 5.41) is 9.89. The Morgan fingerprint density at radius 1 is 1.29 bits per heavy atom. The normalized spacial score (nSPS) is 43.3. The molecule has 3 nitrogen and oxygen atoms in total. The number of hydrogen-bond acceptors (Lipinski definition) is 3. The fraction of sp³-hybridized carbons (Fsp3) is 1.00. The van der Waals surface area contributed by atoms with Crippen molar-refractivity contribution in [1.82, 2.24) is 4.90 Å². The Morgan fingerprint density at radius 2 is 2.00 bits per heavy atom. The van der Waals surface area contributed by atoms with Gasteiger partial charge in [-0.15, -0.1) is 0 Å². The van der Waals surface area contributed by atoms with Gasteiger partial charge in [0.1, 0.15) is 0 Å². The van der Waals surface area contributed by atoms with Gasteiger partial charge in [-0.2, -0.15) is 0 Å². The first kappa shape index (κ1) is 10.4. The summed E-state index contributed by atoms with van der Waals surface area (Å²) in [6.07, 6.45) is 4.31. The van der Waals surface area contributed by atoms with Crippen molar-refractivity contribution in [2.75, 3.05) is 6.54 Å². The fourth-order valence-electron chi connectivity index (χ4n) is 3.04. The number of likely N-dealkylation sites (tertiary alicyclic amines) is 1. The van der Waals surface area contributed by atoms with E-state index < -0.39 is 0 Å². The quantitative estimate of drug-likeness (QED) is 0.652. The highest BCUT2D eigenvalue weighted by atomic mass is 16.3. The first-order valence-electron chi connectivity index (χ1n) is 5.74. The standard InChI is InChI=1S/C11H22N2O/c1-11(2)10(14)6-7-13(11)9-5-3-4-8(9)12/h8-10,14H,3-7,12H2,1-2H3. The second-order valence-electron chi connectivity index (χ2n) is 5.31. The van der Waals surface area contributed by atoms with Gasteiger partial charge >= 0.3 is 0 Å². The molecular weight excluding hydrogens is 176 g/mol. The Kier molecular flexibility index (Phi) is 2.58. The molecule has 3 unspecified atom stereocenters. The van der Waals surface area contributed by atoms with Crippen molar-refractivity contribution in [3.63, 3.8) is 0 Å². The Labute approximate surface area is 86.3 Å². The molecule has 2 aliphatic rings. The molecule has 82 valence electrons. The topological polar surface area (TPSA) is 49.5 Å². The van der Waals surface area contributed by atoms with E-state index in [0.717, 1.165) is 19.4 Å². The van der Waals surface area contributed by atoms with Crippen LogP contribution in [-0.2, 0) is 0 Å². The summed E-state index contributed by atoms with van der Waals surface area (Å²) in [5.41, 5.74) is 6.03. The molecule has 1 saturated carbocycles. The minimum absolute atomic E-state index is 0.0768. The number of aliphatic hydroxyl groups is 1. The van der Waals surface area contributed by atoms with Gasteiger partial charge < -0.3 is 10.8 Å². The van der Waals surface area contributed by atoms with Crippen LogP contribution in [0, 0.1) is 0 Å². The zero-order valence-corrected chi connectivity index (χ0v) is 9.24. The van der Waals surface area contributed by atoms with Crippen LogP contribution in [0.3, 0.4) is 0 Å². The predicted molar refractivity (Wildman–Crippen MR) is 57.0 cm³/mol. The maximum Gasteiger partial charge on any atom is 0.0730 e. The third-order valence-electron chi connectivity index (χ3n) is 4.13. The summed E-state index contributed by atoms with van der Waals surface area (Å²) >= 11 is 0. The van der Waals surface area contributed by atoms with Gasteiger partial charge in [0.2, 0.25) is 0 Å². The molecule has 0 amide bonds. The molecular formula is C11H22N2O. The van der Waals surface area contributed by atoms with Crippen LogP contribution < -0.4 is 5.73 Å². The van der Waals surface area contributed by atoms with E-state index in [-0.39, 0.29) is 11.6 Å². The lowest BCUT2D eigenvalue weighted by molar-refractivity contribution is 0.0280. The first-order valence-corrected chi connectivity index (χ1v) is 5.74. The summed E-state index contributed by atoms with van der Waals surface area (Å²) in [6, 6.07) is 0.821. The van der Waals surface area contributed by atoms with Crippen LogP contribution >= 0.6 is 0 Å². The lowest BCUT2D eigenvalue weighted by Gasteiger charge is -2.39. The van der Waals surface area contributed by atoms with Gasteiger partial charge in [0, 0.05) is 24.2 Å². The summed E-state index contributed by atoms with van der Waals surface area (Å²) in [4.78, 5) is 2.43. The smallest absolute Gasteiger partial charge is 0.0730 e. The average Bonchev–Trinajstić information content (AvgIpc) is 2.60. The third kappa shape index (κ3) is 1.47. The molecule has 3 atom stereocenters. The van der Waals surface area contributed by atoms with E-state index in [4.69, 9.17) is 5.73 Å². The highest BCUT2D eigenvalue weighted by molar-refractivity contribution is 5.02. The largest absolute Gasteiger partial charge is 0.391 e. The minimum Gasteiger partial charge on any atom is -0.391 e. The molecule has 1 saturated heterocycles. The van der Waals surface area contributed by atoms with Crippen LogP contribution in [0.4, 0.5) is 0 Å². The number of nitrogens with zero attached hydrogens (tertiary/aromatic N) is 1. The Bertz CT molecular complexity index is 217. The zero-order chi connectivity index (χ0) is 10.3. The van der Waals surface area contributed by atoms with Crippen LogP contribution in [0.5, 0.6) is 0 Å².